The van der Waals surface area contributed by atoms with Gasteiger partial charge >= 0.3 is 17.9 Å². The molecule has 0 radical (unpaired) electrons. The average molecular weight is 288 g/mol. The van der Waals surface area contributed by atoms with Crippen molar-refractivity contribution in [2.75, 3.05) is 0 Å². The predicted octanol–water partition coefficient (Wildman–Crippen LogP) is 1.62. The highest BCUT2D eigenvalue weighted by molar-refractivity contribution is 5.71. The summed E-state index contributed by atoms with van der Waals surface area (Å²) in [5, 5.41) is 19.4. The maximum atomic E-state index is 11.6. The first-order valence-corrected chi connectivity index (χ1v) is 7.25. The molecule has 1 heterocycles. The summed E-state index contributed by atoms with van der Waals surface area (Å²) in [6.45, 7) is 1.42. The molecular weight excluding hydrogens is 264 g/mol. The van der Waals surface area contributed by atoms with Crippen molar-refractivity contribution in [1.82, 2.24) is 0 Å². The second-order valence-corrected chi connectivity index (χ2v) is 5.34. The number of hydrogen-bond acceptors (Lipinski definition) is 6. The lowest BCUT2D eigenvalue weighted by atomic mass is 10.1. The molecule has 0 aliphatic carbocycles. The molecule has 6 heteroatoms. The molecule has 20 heavy (non-hydrogen) atoms. The van der Waals surface area contributed by atoms with Crippen LogP contribution in [0, 0.1) is 0 Å². The van der Waals surface area contributed by atoms with Gasteiger partial charge in [0.05, 0.1) is 12.5 Å². The van der Waals surface area contributed by atoms with Crippen molar-refractivity contribution in [1.29, 1.82) is 0 Å². The van der Waals surface area contributed by atoms with Crippen LogP contribution >= 0.6 is 0 Å². The van der Waals surface area contributed by atoms with Crippen LogP contribution < -0.4 is 0 Å². The number of esters is 2. The van der Waals surface area contributed by atoms with Crippen LogP contribution in [-0.2, 0) is 19.1 Å². The topological polar surface area (TPSA) is 93.1 Å². The molecule has 0 aromatic heterocycles. The third-order valence-corrected chi connectivity index (χ3v) is 3.11. The molecule has 0 spiro atoms. The van der Waals surface area contributed by atoms with E-state index in [0.29, 0.717) is 12.8 Å². The van der Waals surface area contributed by atoms with E-state index in [1.165, 1.54) is 6.92 Å². The van der Waals surface area contributed by atoms with Gasteiger partial charge in [-0.05, 0) is 19.8 Å². The number of aliphatic hydroxyl groups is 2. The van der Waals surface area contributed by atoms with Gasteiger partial charge in [0, 0.05) is 12.8 Å². The zero-order valence-corrected chi connectivity index (χ0v) is 12.0. The van der Waals surface area contributed by atoms with Crippen LogP contribution in [0.15, 0.2) is 0 Å². The summed E-state index contributed by atoms with van der Waals surface area (Å²) in [5.41, 5.74) is 0. The second kappa shape index (κ2) is 8.21. The Labute approximate surface area is 119 Å². The SMILES string of the molecule is CC(O)CC1(O)OC(=O)CCCCCCCCC(=O)O1. The van der Waals surface area contributed by atoms with Crippen molar-refractivity contribution >= 4 is 11.9 Å². The Morgan fingerprint density at radius 1 is 1.00 bits per heavy atom. The second-order valence-electron chi connectivity index (χ2n) is 5.34. The molecule has 1 aliphatic rings. The number of hydrogen-bond donors (Lipinski definition) is 2. The molecule has 2 N–H and O–H groups in total. The van der Waals surface area contributed by atoms with Gasteiger partial charge in [-0.2, -0.15) is 0 Å². The van der Waals surface area contributed by atoms with E-state index in [-0.39, 0.29) is 19.3 Å². The molecule has 1 aliphatic heterocycles. The first-order chi connectivity index (χ1) is 9.41. The molecule has 1 rings (SSSR count). The van der Waals surface area contributed by atoms with Crippen molar-refractivity contribution in [2.45, 2.75) is 76.8 Å². The lowest BCUT2D eigenvalue weighted by molar-refractivity contribution is -0.333. The highest BCUT2D eigenvalue weighted by atomic mass is 16.8. The normalized spacial score (nSPS) is 23.6. The molecule has 0 aromatic rings. The Bertz CT molecular complexity index is 302. The van der Waals surface area contributed by atoms with Gasteiger partial charge in [0.1, 0.15) is 0 Å². The van der Waals surface area contributed by atoms with E-state index in [1.807, 2.05) is 0 Å². The Hall–Kier alpha value is -1.14. The Morgan fingerprint density at radius 2 is 1.40 bits per heavy atom. The van der Waals surface area contributed by atoms with Gasteiger partial charge < -0.3 is 19.7 Å². The number of carbonyl (C=O) groups excluding carboxylic acids is 2. The number of carbonyl (C=O) groups is 2. The fourth-order valence-electron chi connectivity index (χ4n) is 2.18. The van der Waals surface area contributed by atoms with Gasteiger partial charge in [-0.1, -0.05) is 25.7 Å². The van der Waals surface area contributed by atoms with Gasteiger partial charge in [-0.25, -0.2) is 0 Å². The number of aliphatic hydroxyl groups excluding tert-OH is 1. The smallest absolute Gasteiger partial charge is 0.375 e. The summed E-state index contributed by atoms with van der Waals surface area (Å²) < 4.78 is 9.69. The van der Waals surface area contributed by atoms with E-state index >= 15 is 0 Å². The summed E-state index contributed by atoms with van der Waals surface area (Å²) in [6.07, 6.45) is 4.23. The Balaban J connectivity index is 2.70. The summed E-state index contributed by atoms with van der Waals surface area (Å²) in [7, 11) is 0. The first kappa shape index (κ1) is 16.9. The van der Waals surface area contributed by atoms with Crippen molar-refractivity contribution in [3.63, 3.8) is 0 Å². The Kier molecular flexibility index (Phi) is 6.95. The van der Waals surface area contributed by atoms with E-state index < -0.39 is 24.0 Å². The van der Waals surface area contributed by atoms with E-state index in [4.69, 9.17) is 9.47 Å². The monoisotopic (exact) mass is 288 g/mol. The van der Waals surface area contributed by atoms with Crippen LogP contribution in [0.1, 0.15) is 64.7 Å². The third-order valence-electron chi connectivity index (χ3n) is 3.11. The molecule has 0 saturated carbocycles. The molecular formula is C14H24O6. The molecule has 6 nitrogen and oxygen atoms in total. The van der Waals surface area contributed by atoms with Gasteiger partial charge in [0.25, 0.3) is 0 Å². The van der Waals surface area contributed by atoms with Gasteiger partial charge in [-0.3, -0.25) is 9.59 Å². The lowest BCUT2D eigenvalue weighted by Crippen LogP contribution is -2.42. The average Bonchev–Trinajstić information content (AvgIpc) is 2.30. The minimum Gasteiger partial charge on any atom is -0.398 e. The fourth-order valence-corrected chi connectivity index (χ4v) is 2.18. The van der Waals surface area contributed by atoms with Crippen molar-refractivity contribution in [2.24, 2.45) is 0 Å². The molecule has 116 valence electrons. The first-order valence-electron chi connectivity index (χ1n) is 7.25. The molecule has 0 amide bonds. The predicted molar refractivity (Wildman–Crippen MR) is 70.4 cm³/mol. The van der Waals surface area contributed by atoms with E-state index in [1.54, 1.807) is 0 Å². The van der Waals surface area contributed by atoms with Gasteiger partial charge in [0.2, 0.25) is 0 Å². The standard InChI is InChI=1S/C14H24O6/c1-11(15)10-14(18)19-12(16)8-6-4-2-3-5-7-9-13(17)20-14/h11,15,18H,2-10H2,1H3. The number of rotatable bonds is 2. The Morgan fingerprint density at radius 3 is 1.80 bits per heavy atom. The minimum atomic E-state index is -2.36. The van der Waals surface area contributed by atoms with Crippen molar-refractivity contribution < 1.29 is 29.3 Å². The molecule has 1 fully saturated rings. The molecule has 0 bridgehead atoms. The molecule has 1 unspecified atom stereocenters. The highest BCUT2D eigenvalue weighted by Crippen LogP contribution is 2.21. The van der Waals surface area contributed by atoms with Crippen molar-refractivity contribution in [3.8, 4) is 0 Å². The van der Waals surface area contributed by atoms with Gasteiger partial charge in [-0.15, -0.1) is 0 Å². The maximum Gasteiger partial charge on any atom is 0.375 e. The van der Waals surface area contributed by atoms with Gasteiger partial charge in [0.15, 0.2) is 0 Å². The summed E-state index contributed by atoms with van der Waals surface area (Å²) >= 11 is 0. The zero-order chi connectivity index (χ0) is 15.0. The van der Waals surface area contributed by atoms with Crippen LogP contribution in [0.4, 0.5) is 0 Å². The van der Waals surface area contributed by atoms with Crippen LogP contribution in [-0.4, -0.2) is 34.2 Å². The van der Waals surface area contributed by atoms with Crippen LogP contribution in [0.25, 0.3) is 0 Å². The lowest BCUT2D eigenvalue weighted by Gasteiger charge is -2.28. The van der Waals surface area contributed by atoms with Crippen molar-refractivity contribution in [3.05, 3.63) is 0 Å². The summed E-state index contributed by atoms with van der Waals surface area (Å²) in [6, 6.07) is 0. The fraction of sp³-hybridized carbons (Fsp3) is 0.857. The largest absolute Gasteiger partial charge is 0.398 e. The van der Waals surface area contributed by atoms with E-state index in [2.05, 4.69) is 0 Å². The summed E-state index contributed by atoms with van der Waals surface area (Å²) in [5.74, 6) is -3.61. The summed E-state index contributed by atoms with van der Waals surface area (Å²) in [4.78, 5) is 23.3. The van der Waals surface area contributed by atoms with Crippen LogP contribution in [0.3, 0.4) is 0 Å². The zero-order valence-electron chi connectivity index (χ0n) is 12.0. The van der Waals surface area contributed by atoms with Crippen LogP contribution in [0.5, 0.6) is 0 Å². The molecule has 0 aromatic carbocycles. The maximum absolute atomic E-state index is 11.6. The quantitative estimate of drug-likeness (QED) is 0.750. The minimum absolute atomic E-state index is 0.166. The molecule has 1 saturated heterocycles. The number of ether oxygens (including phenoxy) is 2. The molecule has 1 atom stereocenters. The third kappa shape index (κ3) is 6.86. The van der Waals surface area contributed by atoms with E-state index in [9.17, 15) is 19.8 Å². The highest BCUT2D eigenvalue weighted by Gasteiger charge is 2.37. The number of cyclic esters (lactones) is 2. The van der Waals surface area contributed by atoms with Crippen LogP contribution in [0.2, 0.25) is 0 Å². The van der Waals surface area contributed by atoms with E-state index in [0.717, 1.165) is 25.7 Å².